The second-order valence-corrected chi connectivity index (χ2v) is 4.50. The summed E-state index contributed by atoms with van der Waals surface area (Å²) < 4.78 is 0. The molecule has 0 aromatic carbocycles. The summed E-state index contributed by atoms with van der Waals surface area (Å²) in [6, 6.07) is 3.51. The van der Waals surface area contributed by atoms with E-state index in [1.807, 2.05) is 11.3 Å². The van der Waals surface area contributed by atoms with Gasteiger partial charge in [0.1, 0.15) is 0 Å². The first-order valence-corrected chi connectivity index (χ1v) is 5.51. The molecule has 2 heterocycles. The Morgan fingerprint density at radius 3 is 3.25 bits per heavy atom. The van der Waals surface area contributed by atoms with Crippen LogP contribution in [0, 0.1) is 0 Å². The van der Waals surface area contributed by atoms with Crippen LogP contribution in [0.3, 0.4) is 0 Å². The van der Waals surface area contributed by atoms with Crippen LogP contribution < -0.4 is 5.32 Å². The van der Waals surface area contributed by atoms with Crippen molar-refractivity contribution in [3.05, 3.63) is 21.9 Å². The van der Waals surface area contributed by atoms with Crippen LogP contribution in [-0.2, 0) is 6.42 Å². The SMILES string of the molecule is CCC1Cc2sccc2C(C)N1. The molecule has 1 aliphatic rings. The molecule has 2 heteroatoms. The van der Waals surface area contributed by atoms with Gasteiger partial charge in [-0.25, -0.2) is 0 Å². The zero-order valence-electron chi connectivity index (χ0n) is 7.63. The van der Waals surface area contributed by atoms with Crippen molar-refractivity contribution in [2.75, 3.05) is 0 Å². The third-order valence-electron chi connectivity index (χ3n) is 2.66. The maximum absolute atomic E-state index is 3.61. The van der Waals surface area contributed by atoms with Crippen LogP contribution in [0.5, 0.6) is 0 Å². The van der Waals surface area contributed by atoms with E-state index in [4.69, 9.17) is 0 Å². The Labute approximate surface area is 77.8 Å². The van der Waals surface area contributed by atoms with E-state index in [1.165, 1.54) is 18.4 Å². The Morgan fingerprint density at radius 2 is 2.50 bits per heavy atom. The minimum Gasteiger partial charge on any atom is -0.307 e. The summed E-state index contributed by atoms with van der Waals surface area (Å²) in [5.41, 5.74) is 1.52. The van der Waals surface area contributed by atoms with Gasteiger partial charge >= 0.3 is 0 Å². The smallest absolute Gasteiger partial charge is 0.0305 e. The largest absolute Gasteiger partial charge is 0.307 e. The highest BCUT2D eigenvalue weighted by molar-refractivity contribution is 7.10. The molecular weight excluding hydrogens is 166 g/mol. The van der Waals surface area contributed by atoms with E-state index in [9.17, 15) is 0 Å². The lowest BCUT2D eigenvalue weighted by atomic mass is 9.97. The number of nitrogens with one attached hydrogen (secondary N) is 1. The predicted octanol–water partition coefficient (Wildman–Crippen LogP) is 2.73. The Balaban J connectivity index is 2.26. The van der Waals surface area contributed by atoms with Crippen molar-refractivity contribution in [3.8, 4) is 0 Å². The van der Waals surface area contributed by atoms with Gasteiger partial charge in [0, 0.05) is 17.0 Å². The first kappa shape index (κ1) is 8.27. The molecule has 0 saturated heterocycles. The van der Waals surface area contributed by atoms with Crippen molar-refractivity contribution in [2.45, 2.75) is 38.8 Å². The summed E-state index contributed by atoms with van der Waals surface area (Å²) in [6.45, 7) is 4.51. The zero-order chi connectivity index (χ0) is 8.55. The molecule has 1 aliphatic heterocycles. The fourth-order valence-corrected chi connectivity index (χ4v) is 2.95. The minimum absolute atomic E-state index is 0.560. The molecule has 1 aromatic heterocycles. The number of hydrogen-bond acceptors (Lipinski definition) is 2. The molecular formula is C10H15NS. The van der Waals surface area contributed by atoms with Crippen molar-refractivity contribution in [3.63, 3.8) is 0 Å². The molecule has 0 radical (unpaired) electrons. The standard InChI is InChI=1S/C10H15NS/c1-3-8-6-10-9(4-5-12-10)7(2)11-8/h4-5,7-8,11H,3,6H2,1-2H3. The van der Waals surface area contributed by atoms with E-state index in [0.29, 0.717) is 12.1 Å². The molecule has 2 unspecified atom stereocenters. The van der Waals surface area contributed by atoms with Crippen LogP contribution in [0.2, 0.25) is 0 Å². The van der Waals surface area contributed by atoms with E-state index in [0.717, 1.165) is 0 Å². The Kier molecular flexibility index (Phi) is 2.20. The highest BCUT2D eigenvalue weighted by Crippen LogP contribution is 2.29. The maximum Gasteiger partial charge on any atom is 0.0305 e. The monoisotopic (exact) mass is 181 g/mol. The zero-order valence-corrected chi connectivity index (χ0v) is 8.45. The van der Waals surface area contributed by atoms with E-state index < -0.39 is 0 Å². The van der Waals surface area contributed by atoms with Gasteiger partial charge in [0.25, 0.3) is 0 Å². The summed E-state index contributed by atoms with van der Waals surface area (Å²) in [7, 11) is 0. The second kappa shape index (κ2) is 3.19. The molecule has 0 aliphatic carbocycles. The van der Waals surface area contributed by atoms with E-state index >= 15 is 0 Å². The van der Waals surface area contributed by atoms with Crippen molar-refractivity contribution < 1.29 is 0 Å². The minimum atomic E-state index is 0.560. The third kappa shape index (κ3) is 1.29. The van der Waals surface area contributed by atoms with Gasteiger partial charge < -0.3 is 5.32 Å². The number of thiophene rings is 1. The number of rotatable bonds is 1. The van der Waals surface area contributed by atoms with Crippen molar-refractivity contribution in [2.24, 2.45) is 0 Å². The molecule has 1 nitrogen and oxygen atoms in total. The fourth-order valence-electron chi connectivity index (χ4n) is 1.89. The lowest BCUT2D eigenvalue weighted by molar-refractivity contribution is 0.416. The van der Waals surface area contributed by atoms with Crippen molar-refractivity contribution in [1.82, 2.24) is 5.32 Å². The van der Waals surface area contributed by atoms with Gasteiger partial charge in [-0.3, -0.25) is 0 Å². The lowest BCUT2D eigenvalue weighted by Crippen LogP contribution is -2.36. The number of hydrogen-bond donors (Lipinski definition) is 1. The average molecular weight is 181 g/mol. The van der Waals surface area contributed by atoms with Gasteiger partial charge in [-0.15, -0.1) is 11.3 Å². The summed E-state index contributed by atoms with van der Waals surface area (Å²) in [6.07, 6.45) is 2.47. The first-order chi connectivity index (χ1) is 5.81. The van der Waals surface area contributed by atoms with E-state index in [1.54, 1.807) is 4.88 Å². The Hall–Kier alpha value is -0.340. The summed E-state index contributed by atoms with van der Waals surface area (Å²) in [5, 5.41) is 5.82. The van der Waals surface area contributed by atoms with Gasteiger partial charge in [0.15, 0.2) is 0 Å². The highest BCUT2D eigenvalue weighted by atomic mass is 32.1. The van der Waals surface area contributed by atoms with Crippen LogP contribution >= 0.6 is 11.3 Å². The molecule has 66 valence electrons. The normalized spacial score (nSPS) is 28.5. The fraction of sp³-hybridized carbons (Fsp3) is 0.600. The van der Waals surface area contributed by atoms with Gasteiger partial charge in [0.2, 0.25) is 0 Å². The van der Waals surface area contributed by atoms with Gasteiger partial charge in [-0.2, -0.15) is 0 Å². The Bertz CT molecular complexity index is 267. The molecule has 2 atom stereocenters. The van der Waals surface area contributed by atoms with Crippen LogP contribution in [0.25, 0.3) is 0 Å². The summed E-state index contributed by atoms with van der Waals surface area (Å²) >= 11 is 1.91. The van der Waals surface area contributed by atoms with Crippen molar-refractivity contribution in [1.29, 1.82) is 0 Å². The van der Waals surface area contributed by atoms with Crippen LogP contribution in [-0.4, -0.2) is 6.04 Å². The molecule has 0 bridgehead atoms. The van der Waals surface area contributed by atoms with Crippen LogP contribution in [0.15, 0.2) is 11.4 Å². The van der Waals surface area contributed by atoms with E-state index in [-0.39, 0.29) is 0 Å². The molecule has 0 saturated carbocycles. The van der Waals surface area contributed by atoms with Gasteiger partial charge in [-0.05, 0) is 36.8 Å². The highest BCUT2D eigenvalue weighted by Gasteiger charge is 2.22. The number of fused-ring (bicyclic) bond motifs is 1. The molecule has 1 aromatic rings. The van der Waals surface area contributed by atoms with Crippen molar-refractivity contribution >= 4 is 11.3 Å². The average Bonchev–Trinajstić information content (AvgIpc) is 2.52. The maximum atomic E-state index is 3.61. The molecule has 0 fully saturated rings. The Morgan fingerprint density at radius 1 is 1.67 bits per heavy atom. The van der Waals surface area contributed by atoms with Crippen LogP contribution in [0.1, 0.15) is 36.8 Å². The van der Waals surface area contributed by atoms with Crippen LogP contribution in [0.4, 0.5) is 0 Å². The van der Waals surface area contributed by atoms with E-state index in [2.05, 4.69) is 30.6 Å². The summed E-state index contributed by atoms with van der Waals surface area (Å²) in [4.78, 5) is 1.59. The molecule has 0 spiro atoms. The topological polar surface area (TPSA) is 12.0 Å². The van der Waals surface area contributed by atoms with Gasteiger partial charge in [0.05, 0.1) is 0 Å². The predicted molar refractivity (Wildman–Crippen MR) is 53.7 cm³/mol. The lowest BCUT2D eigenvalue weighted by Gasteiger charge is -2.28. The third-order valence-corrected chi connectivity index (χ3v) is 3.62. The molecule has 12 heavy (non-hydrogen) atoms. The summed E-state index contributed by atoms with van der Waals surface area (Å²) in [5.74, 6) is 0. The quantitative estimate of drug-likeness (QED) is 0.702. The molecule has 1 N–H and O–H groups in total. The molecule has 0 amide bonds. The first-order valence-electron chi connectivity index (χ1n) is 4.63. The second-order valence-electron chi connectivity index (χ2n) is 3.50. The molecule has 2 rings (SSSR count). The van der Waals surface area contributed by atoms with Gasteiger partial charge in [-0.1, -0.05) is 6.92 Å².